The molecule has 2 nitrogen and oxygen atoms in total. The largest absolute Gasteiger partial charge is 0.357 e. The van der Waals surface area contributed by atoms with Crippen molar-refractivity contribution in [1.82, 2.24) is 9.88 Å². The van der Waals surface area contributed by atoms with Gasteiger partial charge in [-0.25, -0.2) is 0 Å². The second-order valence-corrected chi connectivity index (χ2v) is 5.29. The van der Waals surface area contributed by atoms with Gasteiger partial charge in [-0.1, -0.05) is 30.3 Å². The van der Waals surface area contributed by atoms with Gasteiger partial charge in [0.2, 0.25) is 0 Å². The molecule has 1 heterocycles. The van der Waals surface area contributed by atoms with E-state index in [0.29, 0.717) is 6.04 Å². The lowest BCUT2D eigenvalue weighted by Crippen LogP contribution is -2.22. The van der Waals surface area contributed by atoms with Crippen molar-refractivity contribution in [3.05, 3.63) is 59.9 Å². The van der Waals surface area contributed by atoms with E-state index >= 15 is 0 Å². The molecular weight excluding hydrogens is 220 g/mol. The molecular formula is C16H20N2. The minimum Gasteiger partial charge on any atom is -0.357 e. The number of nitrogens with zero attached hydrogens (tertiary/aromatic N) is 1. The van der Waals surface area contributed by atoms with Gasteiger partial charge in [0.1, 0.15) is 0 Å². The molecule has 0 aliphatic heterocycles. The van der Waals surface area contributed by atoms with Crippen LogP contribution in [0, 0.1) is 5.92 Å². The van der Waals surface area contributed by atoms with Crippen molar-refractivity contribution >= 4 is 0 Å². The Labute approximate surface area is 109 Å². The minimum absolute atomic E-state index is 0.520. The molecule has 2 heteroatoms. The summed E-state index contributed by atoms with van der Waals surface area (Å²) in [6.07, 6.45) is 7.01. The average molecular weight is 240 g/mol. The summed E-state index contributed by atoms with van der Waals surface area (Å²) >= 11 is 0. The summed E-state index contributed by atoms with van der Waals surface area (Å²) in [6.45, 7) is 0.955. The lowest BCUT2D eigenvalue weighted by molar-refractivity contribution is 0.480. The molecule has 3 rings (SSSR count). The summed E-state index contributed by atoms with van der Waals surface area (Å²) < 4.78 is 2.10. The Morgan fingerprint density at radius 3 is 2.61 bits per heavy atom. The topological polar surface area (TPSA) is 17.0 Å². The summed E-state index contributed by atoms with van der Waals surface area (Å²) in [5, 5.41) is 3.71. The van der Waals surface area contributed by atoms with E-state index in [1.807, 2.05) is 0 Å². The number of aromatic nitrogens is 1. The van der Waals surface area contributed by atoms with Gasteiger partial charge in [-0.3, -0.25) is 0 Å². The van der Waals surface area contributed by atoms with Gasteiger partial charge in [0.05, 0.1) is 0 Å². The van der Waals surface area contributed by atoms with Crippen LogP contribution in [-0.4, -0.2) is 4.57 Å². The second kappa shape index (κ2) is 4.99. The standard InChI is InChI=1S/C16H20N2/c1-18-10-9-13(12-18)11-17-16(15-7-8-15)14-5-3-2-4-6-14/h2-6,9-10,12,15-17H,7-8,11H2,1H3. The number of benzene rings is 1. The third-order valence-electron chi connectivity index (χ3n) is 3.67. The summed E-state index contributed by atoms with van der Waals surface area (Å²) in [5.41, 5.74) is 2.79. The maximum absolute atomic E-state index is 3.71. The van der Waals surface area contributed by atoms with Crippen LogP contribution in [0.3, 0.4) is 0 Å². The van der Waals surface area contributed by atoms with Crippen LogP contribution < -0.4 is 5.32 Å². The Hall–Kier alpha value is -1.54. The van der Waals surface area contributed by atoms with Gasteiger partial charge in [0, 0.05) is 32.0 Å². The first-order valence-electron chi connectivity index (χ1n) is 6.72. The molecule has 0 saturated heterocycles. The predicted molar refractivity (Wildman–Crippen MR) is 74.2 cm³/mol. The molecule has 0 bridgehead atoms. The molecule has 0 spiro atoms. The number of hydrogen-bond donors (Lipinski definition) is 1. The fourth-order valence-corrected chi connectivity index (χ4v) is 2.54. The molecule has 0 amide bonds. The Morgan fingerprint density at radius 2 is 2.00 bits per heavy atom. The van der Waals surface area contributed by atoms with Crippen molar-refractivity contribution in [3.63, 3.8) is 0 Å². The van der Waals surface area contributed by atoms with Crippen LogP contribution >= 0.6 is 0 Å². The lowest BCUT2D eigenvalue weighted by atomic mass is 10.0. The molecule has 1 fully saturated rings. The molecule has 1 saturated carbocycles. The fourth-order valence-electron chi connectivity index (χ4n) is 2.54. The van der Waals surface area contributed by atoms with Gasteiger partial charge in [0.15, 0.2) is 0 Å². The van der Waals surface area contributed by atoms with Crippen LogP contribution in [0.4, 0.5) is 0 Å². The van der Waals surface area contributed by atoms with E-state index in [-0.39, 0.29) is 0 Å². The van der Waals surface area contributed by atoms with Crippen LogP contribution in [0.15, 0.2) is 48.8 Å². The van der Waals surface area contributed by atoms with E-state index in [0.717, 1.165) is 12.5 Å². The zero-order valence-electron chi connectivity index (χ0n) is 10.8. The van der Waals surface area contributed by atoms with E-state index < -0.39 is 0 Å². The first kappa shape index (κ1) is 11.5. The van der Waals surface area contributed by atoms with Gasteiger partial charge in [-0.2, -0.15) is 0 Å². The highest BCUT2D eigenvalue weighted by molar-refractivity contribution is 5.21. The summed E-state index contributed by atoms with van der Waals surface area (Å²) in [4.78, 5) is 0. The highest BCUT2D eigenvalue weighted by Crippen LogP contribution is 2.41. The third-order valence-corrected chi connectivity index (χ3v) is 3.67. The first-order chi connectivity index (χ1) is 8.83. The van der Waals surface area contributed by atoms with Crippen LogP contribution in [0.5, 0.6) is 0 Å². The monoisotopic (exact) mass is 240 g/mol. The molecule has 2 aromatic rings. The Balaban J connectivity index is 1.68. The highest BCUT2D eigenvalue weighted by Gasteiger charge is 2.31. The van der Waals surface area contributed by atoms with E-state index in [1.54, 1.807) is 0 Å². The zero-order valence-corrected chi connectivity index (χ0v) is 10.8. The molecule has 1 atom stereocenters. The Kier molecular flexibility index (Phi) is 3.20. The van der Waals surface area contributed by atoms with Crippen molar-refractivity contribution in [1.29, 1.82) is 0 Å². The molecule has 0 radical (unpaired) electrons. The molecule has 1 N–H and O–H groups in total. The van der Waals surface area contributed by atoms with Crippen molar-refractivity contribution < 1.29 is 0 Å². The molecule has 1 aromatic heterocycles. The average Bonchev–Trinajstić information content (AvgIpc) is 3.14. The van der Waals surface area contributed by atoms with E-state index in [1.165, 1.54) is 24.0 Å². The SMILES string of the molecule is Cn1ccc(CNC(c2ccccc2)C2CC2)c1. The quantitative estimate of drug-likeness (QED) is 0.848. The fraction of sp³-hybridized carbons (Fsp3) is 0.375. The van der Waals surface area contributed by atoms with Gasteiger partial charge in [-0.05, 0) is 36.0 Å². The summed E-state index contributed by atoms with van der Waals surface area (Å²) in [5.74, 6) is 0.830. The highest BCUT2D eigenvalue weighted by atomic mass is 14.9. The predicted octanol–water partition coefficient (Wildman–Crippen LogP) is 3.27. The van der Waals surface area contributed by atoms with Gasteiger partial charge < -0.3 is 9.88 Å². The normalized spacial score (nSPS) is 16.7. The molecule has 1 aliphatic carbocycles. The van der Waals surface area contributed by atoms with Crippen molar-refractivity contribution in [2.75, 3.05) is 0 Å². The maximum atomic E-state index is 3.71. The summed E-state index contributed by atoms with van der Waals surface area (Å²) in [7, 11) is 2.07. The second-order valence-electron chi connectivity index (χ2n) is 5.29. The zero-order chi connectivity index (χ0) is 12.4. The van der Waals surface area contributed by atoms with Crippen LogP contribution in [0.25, 0.3) is 0 Å². The molecule has 1 aliphatic rings. The van der Waals surface area contributed by atoms with Crippen LogP contribution in [-0.2, 0) is 13.6 Å². The number of nitrogens with one attached hydrogen (secondary N) is 1. The van der Waals surface area contributed by atoms with Crippen LogP contribution in [0.2, 0.25) is 0 Å². The molecule has 1 aromatic carbocycles. The Morgan fingerprint density at radius 1 is 1.22 bits per heavy atom. The summed E-state index contributed by atoms with van der Waals surface area (Å²) in [6, 6.07) is 13.5. The van der Waals surface area contributed by atoms with Crippen molar-refractivity contribution in [3.8, 4) is 0 Å². The van der Waals surface area contributed by atoms with Crippen molar-refractivity contribution in [2.24, 2.45) is 13.0 Å². The smallest absolute Gasteiger partial charge is 0.0351 e. The van der Waals surface area contributed by atoms with Crippen LogP contribution in [0.1, 0.15) is 30.0 Å². The van der Waals surface area contributed by atoms with Gasteiger partial charge in [0.25, 0.3) is 0 Å². The number of aryl methyl sites for hydroxylation is 1. The third kappa shape index (κ3) is 2.65. The first-order valence-corrected chi connectivity index (χ1v) is 6.72. The molecule has 94 valence electrons. The van der Waals surface area contributed by atoms with Gasteiger partial charge in [-0.15, -0.1) is 0 Å². The molecule has 18 heavy (non-hydrogen) atoms. The maximum Gasteiger partial charge on any atom is 0.0351 e. The van der Waals surface area contributed by atoms with Gasteiger partial charge >= 0.3 is 0 Å². The van der Waals surface area contributed by atoms with E-state index in [2.05, 4.69) is 65.7 Å². The minimum atomic E-state index is 0.520. The van der Waals surface area contributed by atoms with E-state index in [4.69, 9.17) is 0 Å². The lowest BCUT2D eigenvalue weighted by Gasteiger charge is -2.18. The van der Waals surface area contributed by atoms with E-state index in [9.17, 15) is 0 Å². The molecule has 1 unspecified atom stereocenters. The van der Waals surface area contributed by atoms with Crippen molar-refractivity contribution in [2.45, 2.75) is 25.4 Å². The number of rotatable bonds is 5. The number of hydrogen-bond acceptors (Lipinski definition) is 1. The Bertz CT molecular complexity index is 497.